The van der Waals surface area contributed by atoms with Gasteiger partial charge in [0.05, 0.1) is 18.3 Å². The number of benzene rings is 1. The van der Waals surface area contributed by atoms with Crippen molar-refractivity contribution >= 4 is 23.3 Å². The lowest BCUT2D eigenvalue weighted by Crippen LogP contribution is -2.31. The van der Waals surface area contributed by atoms with Crippen LogP contribution in [0.5, 0.6) is 0 Å². The van der Waals surface area contributed by atoms with E-state index >= 15 is 0 Å². The average Bonchev–Trinajstić information content (AvgIpc) is 3.10. The standard InChI is InChI=1S/C17H16ClN5O2/c18-12-3-1-2-11(6-12)15(9-24)22-17(25)14-8-23(10-21-14)13-4-5-20-16(19)7-13/h1-8,10,15,24H,9H2,(H2,19,20)(H,22,25). The van der Waals surface area contributed by atoms with Crippen molar-refractivity contribution in [2.75, 3.05) is 12.3 Å². The zero-order valence-corrected chi connectivity index (χ0v) is 13.9. The van der Waals surface area contributed by atoms with E-state index < -0.39 is 11.9 Å². The largest absolute Gasteiger partial charge is 0.394 e. The highest BCUT2D eigenvalue weighted by atomic mass is 35.5. The summed E-state index contributed by atoms with van der Waals surface area (Å²) >= 11 is 5.96. The van der Waals surface area contributed by atoms with E-state index in [0.29, 0.717) is 16.4 Å². The van der Waals surface area contributed by atoms with Crippen molar-refractivity contribution in [3.8, 4) is 5.69 Å². The molecular weight excluding hydrogens is 342 g/mol. The molecule has 7 nitrogen and oxygen atoms in total. The maximum absolute atomic E-state index is 12.4. The Hall–Kier alpha value is -2.90. The highest BCUT2D eigenvalue weighted by Crippen LogP contribution is 2.18. The molecule has 1 unspecified atom stereocenters. The van der Waals surface area contributed by atoms with Gasteiger partial charge in [0.1, 0.15) is 17.8 Å². The fourth-order valence-corrected chi connectivity index (χ4v) is 2.57. The summed E-state index contributed by atoms with van der Waals surface area (Å²) in [5.41, 5.74) is 7.33. The Kier molecular flexibility index (Phi) is 4.97. The predicted octanol–water partition coefficient (Wildman–Crippen LogP) is 1.97. The maximum atomic E-state index is 12.4. The number of anilines is 1. The molecular formula is C17H16ClN5O2. The average molecular weight is 358 g/mol. The lowest BCUT2D eigenvalue weighted by molar-refractivity contribution is 0.0911. The number of carbonyl (C=O) groups is 1. The van der Waals surface area contributed by atoms with Crippen LogP contribution in [-0.4, -0.2) is 32.2 Å². The van der Waals surface area contributed by atoms with Crippen molar-refractivity contribution in [3.05, 3.63) is 71.4 Å². The number of aromatic nitrogens is 3. The number of aliphatic hydroxyl groups is 1. The van der Waals surface area contributed by atoms with Crippen LogP contribution in [0.1, 0.15) is 22.1 Å². The molecule has 0 aliphatic carbocycles. The van der Waals surface area contributed by atoms with E-state index in [4.69, 9.17) is 17.3 Å². The van der Waals surface area contributed by atoms with Gasteiger partial charge in [-0.05, 0) is 23.8 Å². The van der Waals surface area contributed by atoms with Crippen LogP contribution in [0.15, 0.2) is 55.1 Å². The summed E-state index contributed by atoms with van der Waals surface area (Å²) in [4.78, 5) is 20.4. The van der Waals surface area contributed by atoms with Crippen LogP contribution < -0.4 is 11.1 Å². The number of carbonyl (C=O) groups excluding carboxylic acids is 1. The lowest BCUT2D eigenvalue weighted by Gasteiger charge is -2.16. The van der Waals surface area contributed by atoms with Crippen LogP contribution in [0.4, 0.5) is 5.82 Å². The van der Waals surface area contributed by atoms with Crippen LogP contribution in [0, 0.1) is 0 Å². The Morgan fingerprint density at radius 2 is 2.16 bits per heavy atom. The summed E-state index contributed by atoms with van der Waals surface area (Å²) in [6.07, 6.45) is 4.67. The first-order valence-corrected chi connectivity index (χ1v) is 7.87. The number of pyridine rings is 1. The van der Waals surface area contributed by atoms with Crippen LogP contribution in [0.25, 0.3) is 5.69 Å². The van der Waals surface area contributed by atoms with E-state index in [0.717, 1.165) is 5.69 Å². The van der Waals surface area contributed by atoms with Gasteiger partial charge in [-0.2, -0.15) is 0 Å². The summed E-state index contributed by atoms with van der Waals surface area (Å²) in [7, 11) is 0. The Morgan fingerprint density at radius 1 is 1.32 bits per heavy atom. The first-order valence-electron chi connectivity index (χ1n) is 7.50. The molecule has 0 aliphatic heterocycles. The van der Waals surface area contributed by atoms with Gasteiger partial charge in [-0.3, -0.25) is 4.79 Å². The van der Waals surface area contributed by atoms with Crippen molar-refractivity contribution in [1.82, 2.24) is 19.9 Å². The van der Waals surface area contributed by atoms with Gasteiger partial charge in [0, 0.05) is 23.5 Å². The molecule has 0 radical (unpaired) electrons. The third-order valence-corrected chi connectivity index (χ3v) is 3.85. The highest BCUT2D eigenvalue weighted by molar-refractivity contribution is 6.30. The third-order valence-electron chi connectivity index (χ3n) is 3.62. The predicted molar refractivity (Wildman–Crippen MR) is 94.5 cm³/mol. The quantitative estimate of drug-likeness (QED) is 0.647. The molecule has 0 saturated carbocycles. The third kappa shape index (κ3) is 3.96. The first kappa shape index (κ1) is 16.9. The molecule has 1 atom stereocenters. The normalized spacial score (nSPS) is 11.9. The van der Waals surface area contributed by atoms with Gasteiger partial charge in [0.2, 0.25) is 0 Å². The van der Waals surface area contributed by atoms with Gasteiger partial charge >= 0.3 is 0 Å². The number of amides is 1. The van der Waals surface area contributed by atoms with Gasteiger partial charge in [-0.25, -0.2) is 9.97 Å². The van der Waals surface area contributed by atoms with Crippen molar-refractivity contribution in [3.63, 3.8) is 0 Å². The van der Waals surface area contributed by atoms with Crippen LogP contribution in [0.2, 0.25) is 5.02 Å². The number of hydrogen-bond acceptors (Lipinski definition) is 5. The number of nitrogen functional groups attached to an aromatic ring is 1. The molecule has 25 heavy (non-hydrogen) atoms. The molecule has 3 aromatic rings. The van der Waals surface area contributed by atoms with Crippen LogP contribution in [-0.2, 0) is 0 Å². The van der Waals surface area contributed by atoms with E-state index in [1.807, 2.05) is 0 Å². The number of hydrogen-bond donors (Lipinski definition) is 3. The number of rotatable bonds is 5. The highest BCUT2D eigenvalue weighted by Gasteiger charge is 2.17. The van der Waals surface area contributed by atoms with Crippen molar-refractivity contribution < 1.29 is 9.90 Å². The Bertz CT molecular complexity index is 896. The Labute approximate surface area is 149 Å². The van der Waals surface area contributed by atoms with Gasteiger partial charge in [0.25, 0.3) is 5.91 Å². The number of imidazole rings is 1. The first-order chi connectivity index (χ1) is 12.1. The molecule has 0 bridgehead atoms. The SMILES string of the molecule is Nc1cc(-n2cnc(C(=O)NC(CO)c3cccc(Cl)c3)c2)ccn1. The van der Waals surface area contributed by atoms with E-state index in [-0.39, 0.29) is 12.3 Å². The molecule has 0 spiro atoms. The summed E-state index contributed by atoms with van der Waals surface area (Å²) in [5, 5.41) is 12.9. The molecule has 4 N–H and O–H groups in total. The fraction of sp³-hybridized carbons (Fsp3) is 0.118. The van der Waals surface area contributed by atoms with Crippen LogP contribution >= 0.6 is 11.6 Å². The minimum atomic E-state index is -0.576. The number of halogens is 1. The molecule has 128 valence electrons. The smallest absolute Gasteiger partial charge is 0.272 e. The van der Waals surface area contributed by atoms with Crippen molar-refractivity contribution in [2.45, 2.75) is 6.04 Å². The summed E-state index contributed by atoms with van der Waals surface area (Å²) in [5.74, 6) is -0.0293. The van der Waals surface area contributed by atoms with E-state index in [1.165, 1.54) is 6.33 Å². The van der Waals surface area contributed by atoms with Gasteiger partial charge in [-0.1, -0.05) is 23.7 Å². The molecule has 2 aromatic heterocycles. The van der Waals surface area contributed by atoms with E-state index in [2.05, 4.69) is 15.3 Å². The van der Waals surface area contributed by atoms with E-state index in [9.17, 15) is 9.90 Å². The topological polar surface area (TPSA) is 106 Å². The van der Waals surface area contributed by atoms with Crippen molar-refractivity contribution in [1.29, 1.82) is 0 Å². The monoisotopic (exact) mass is 357 g/mol. The lowest BCUT2D eigenvalue weighted by atomic mass is 10.1. The van der Waals surface area contributed by atoms with Crippen molar-refractivity contribution in [2.24, 2.45) is 0 Å². The minimum Gasteiger partial charge on any atom is -0.394 e. The number of nitrogens with one attached hydrogen (secondary N) is 1. The molecule has 0 saturated heterocycles. The summed E-state index contributed by atoms with van der Waals surface area (Å²) in [6.45, 7) is -0.256. The molecule has 1 aromatic carbocycles. The number of nitrogens with zero attached hydrogens (tertiary/aromatic N) is 3. The van der Waals surface area contributed by atoms with Crippen LogP contribution in [0.3, 0.4) is 0 Å². The molecule has 1 amide bonds. The summed E-state index contributed by atoms with van der Waals surface area (Å²) in [6, 6.07) is 9.81. The summed E-state index contributed by atoms with van der Waals surface area (Å²) < 4.78 is 1.67. The zero-order chi connectivity index (χ0) is 17.8. The second kappa shape index (κ2) is 7.33. The Balaban J connectivity index is 1.77. The number of nitrogens with two attached hydrogens (primary N) is 1. The second-order valence-electron chi connectivity index (χ2n) is 5.37. The fourth-order valence-electron chi connectivity index (χ4n) is 2.37. The molecule has 0 fully saturated rings. The van der Waals surface area contributed by atoms with E-state index in [1.54, 1.807) is 53.4 Å². The Morgan fingerprint density at radius 3 is 2.88 bits per heavy atom. The molecule has 2 heterocycles. The second-order valence-corrected chi connectivity index (χ2v) is 5.81. The number of aliphatic hydroxyl groups excluding tert-OH is 1. The molecule has 0 aliphatic rings. The van der Waals surface area contributed by atoms with Gasteiger partial charge < -0.3 is 20.7 Å². The molecule has 3 rings (SSSR count). The molecule has 8 heteroatoms. The maximum Gasteiger partial charge on any atom is 0.272 e. The minimum absolute atomic E-state index is 0.218. The van der Waals surface area contributed by atoms with Gasteiger partial charge in [0.15, 0.2) is 0 Å². The zero-order valence-electron chi connectivity index (χ0n) is 13.1. The van der Waals surface area contributed by atoms with Gasteiger partial charge in [-0.15, -0.1) is 0 Å².